The Bertz CT molecular complexity index is 820. The van der Waals surface area contributed by atoms with Crippen molar-refractivity contribution in [2.75, 3.05) is 0 Å². The largest absolute Gasteiger partial charge is 1.00 e. The van der Waals surface area contributed by atoms with E-state index < -0.39 is 28.9 Å². The minimum absolute atomic E-state index is 0. The van der Waals surface area contributed by atoms with Crippen LogP contribution in [0.25, 0.3) is 10.9 Å². The van der Waals surface area contributed by atoms with E-state index in [1.54, 1.807) is 38.1 Å². The Kier molecular flexibility index (Phi) is 5.57. The average Bonchev–Trinajstić information content (AvgIpc) is 2.89. The van der Waals surface area contributed by atoms with Gasteiger partial charge in [0.15, 0.2) is 0 Å². The number of aliphatic hydroxyl groups is 1. The number of aromatic amines is 1. The van der Waals surface area contributed by atoms with E-state index in [0.29, 0.717) is 5.02 Å². The van der Waals surface area contributed by atoms with Crippen LogP contribution in [0.15, 0.2) is 24.3 Å². The normalized spacial score (nSPS) is 24.8. The molecule has 0 radical (unpaired) electrons. The fourth-order valence-corrected chi connectivity index (χ4v) is 3.24. The second kappa shape index (κ2) is 6.72. The summed E-state index contributed by atoms with van der Waals surface area (Å²) in [4.78, 5) is 27.0. The first kappa shape index (κ1) is 19.9. The molecule has 3 N–H and O–H groups in total. The van der Waals surface area contributed by atoms with Gasteiger partial charge < -0.3 is 25.3 Å². The van der Waals surface area contributed by atoms with Crippen molar-refractivity contribution in [1.29, 1.82) is 0 Å². The molecule has 1 aromatic carbocycles. The number of carbonyl (C=O) groups is 2. The Morgan fingerprint density at radius 3 is 2.58 bits per heavy atom. The van der Waals surface area contributed by atoms with E-state index in [0.717, 1.165) is 10.9 Å². The first-order chi connectivity index (χ1) is 10.7. The zero-order valence-electron chi connectivity index (χ0n) is 13.6. The maximum Gasteiger partial charge on any atom is 1.00 e. The number of halogens is 1. The molecule has 2 unspecified atom stereocenters. The second-order valence-electron chi connectivity index (χ2n) is 6.50. The van der Waals surface area contributed by atoms with E-state index in [9.17, 15) is 19.8 Å². The molecule has 6 nitrogen and oxygen atoms in total. The van der Waals surface area contributed by atoms with Crippen molar-refractivity contribution in [3.05, 3.63) is 35.0 Å². The molecule has 2 atom stereocenters. The average molecular weight is 375 g/mol. The molecule has 0 spiro atoms. The van der Waals surface area contributed by atoms with Gasteiger partial charge in [-0.05, 0) is 24.3 Å². The zero-order valence-corrected chi connectivity index (χ0v) is 17.5. The second-order valence-corrected chi connectivity index (χ2v) is 6.94. The fourth-order valence-electron chi connectivity index (χ4n) is 3.06. The Labute approximate surface area is 186 Å². The van der Waals surface area contributed by atoms with Gasteiger partial charge in [0.25, 0.3) is 5.91 Å². The smallest absolute Gasteiger partial charge is 0.548 e. The molecule has 1 saturated carbocycles. The molecule has 122 valence electrons. The predicted molar refractivity (Wildman–Crippen MR) is 82.9 cm³/mol. The first-order valence-electron chi connectivity index (χ1n) is 7.18. The summed E-state index contributed by atoms with van der Waals surface area (Å²) in [5.41, 5.74) is -1.68. The molecule has 1 heterocycles. The molecule has 1 aliphatic carbocycles. The van der Waals surface area contributed by atoms with Gasteiger partial charge in [-0.25, -0.2) is 0 Å². The number of carboxylic acids is 1. The molecule has 24 heavy (non-hydrogen) atoms. The summed E-state index contributed by atoms with van der Waals surface area (Å²) in [5.74, 6) is -1.97. The van der Waals surface area contributed by atoms with Gasteiger partial charge in [0.2, 0.25) is 0 Å². The van der Waals surface area contributed by atoms with E-state index in [-0.39, 0.29) is 63.5 Å². The molecule has 1 fully saturated rings. The monoisotopic (exact) mass is 374 g/mol. The van der Waals surface area contributed by atoms with Crippen LogP contribution in [0.3, 0.4) is 0 Å². The van der Waals surface area contributed by atoms with E-state index >= 15 is 0 Å². The van der Waals surface area contributed by atoms with E-state index in [1.807, 2.05) is 0 Å². The number of nitrogens with one attached hydrogen (secondary N) is 2. The Balaban J connectivity index is 0.00000208. The Morgan fingerprint density at radius 2 is 2.04 bits per heavy atom. The predicted octanol–water partition coefficient (Wildman–Crippen LogP) is -2.17. The Morgan fingerprint density at radius 1 is 1.38 bits per heavy atom. The van der Waals surface area contributed by atoms with E-state index in [1.165, 1.54) is 0 Å². The van der Waals surface area contributed by atoms with Gasteiger partial charge in [-0.3, -0.25) is 4.79 Å². The van der Waals surface area contributed by atoms with Crippen LogP contribution in [0.5, 0.6) is 0 Å². The molecule has 2 aromatic rings. The van der Waals surface area contributed by atoms with E-state index in [2.05, 4.69) is 10.3 Å². The van der Waals surface area contributed by atoms with Crippen LogP contribution in [0.2, 0.25) is 5.02 Å². The number of carbonyl (C=O) groups excluding carboxylic acids is 2. The summed E-state index contributed by atoms with van der Waals surface area (Å²) in [5, 5.41) is 25.2. The number of aliphatic carboxylic acids is 1. The minimum atomic E-state index is -1.60. The number of aromatic nitrogens is 1. The van der Waals surface area contributed by atoms with Crippen molar-refractivity contribution in [2.24, 2.45) is 5.41 Å². The number of H-pyrrole nitrogens is 1. The molecule has 0 bridgehead atoms. The number of aliphatic hydroxyl groups excluding tert-OH is 1. The van der Waals surface area contributed by atoms with Gasteiger partial charge in [0.1, 0.15) is 5.69 Å². The molecular formula is C16H16ClKN2O4. The van der Waals surface area contributed by atoms with Crippen LogP contribution in [0.1, 0.15) is 30.8 Å². The molecular weight excluding hydrogens is 359 g/mol. The first-order valence-corrected chi connectivity index (χ1v) is 7.55. The van der Waals surface area contributed by atoms with Gasteiger partial charge in [0, 0.05) is 27.8 Å². The molecule has 1 amide bonds. The van der Waals surface area contributed by atoms with Crippen molar-refractivity contribution in [1.82, 2.24) is 10.3 Å². The molecule has 0 saturated heterocycles. The molecule has 1 aliphatic rings. The standard InChI is InChI=1S/C16H17ClN2O4.K/c1-15(2)12(20)7-16(15,14(22)23)19-13(21)11-6-8-5-9(17)3-4-10(8)18-11;/h3-6,12,18,20H,7H2,1-2H3,(H,19,21)(H,22,23);/q;+1/p-1. The third-order valence-electron chi connectivity index (χ3n) is 4.94. The van der Waals surface area contributed by atoms with Crippen molar-refractivity contribution >= 4 is 34.4 Å². The fraction of sp³-hybridized carbons (Fsp3) is 0.375. The van der Waals surface area contributed by atoms with Crippen LogP contribution < -0.4 is 61.8 Å². The summed E-state index contributed by atoms with van der Waals surface area (Å²) in [6.45, 7) is 3.17. The number of hydrogen-bond acceptors (Lipinski definition) is 4. The quantitative estimate of drug-likeness (QED) is 0.532. The van der Waals surface area contributed by atoms with E-state index in [4.69, 9.17) is 11.6 Å². The van der Waals surface area contributed by atoms with Crippen molar-refractivity contribution in [3.8, 4) is 0 Å². The van der Waals surface area contributed by atoms with Crippen LogP contribution in [0, 0.1) is 5.41 Å². The van der Waals surface area contributed by atoms with Gasteiger partial charge in [-0.2, -0.15) is 0 Å². The number of carboxylic acid groups (broad SMARTS) is 1. The summed E-state index contributed by atoms with van der Waals surface area (Å²) in [6, 6.07) is 6.73. The zero-order chi connectivity index (χ0) is 17.0. The number of rotatable bonds is 3. The van der Waals surface area contributed by atoms with Crippen molar-refractivity contribution in [3.63, 3.8) is 0 Å². The Hall–Kier alpha value is -0.414. The molecule has 1 aromatic heterocycles. The van der Waals surface area contributed by atoms with Gasteiger partial charge in [0.05, 0.1) is 17.6 Å². The maximum atomic E-state index is 12.5. The van der Waals surface area contributed by atoms with Gasteiger partial charge in [-0.15, -0.1) is 0 Å². The topological polar surface area (TPSA) is 105 Å². The van der Waals surface area contributed by atoms with Gasteiger partial charge in [-0.1, -0.05) is 25.4 Å². The molecule has 8 heteroatoms. The number of amides is 1. The third-order valence-corrected chi connectivity index (χ3v) is 5.17. The summed E-state index contributed by atoms with van der Waals surface area (Å²) >= 11 is 5.91. The maximum absolute atomic E-state index is 12.5. The molecule has 0 aliphatic heterocycles. The summed E-state index contributed by atoms with van der Waals surface area (Å²) in [7, 11) is 0. The minimum Gasteiger partial charge on any atom is -0.548 e. The summed E-state index contributed by atoms with van der Waals surface area (Å²) in [6.07, 6.45) is -0.901. The van der Waals surface area contributed by atoms with Gasteiger partial charge >= 0.3 is 51.4 Å². The molecule has 3 rings (SSSR count). The van der Waals surface area contributed by atoms with Crippen LogP contribution in [0.4, 0.5) is 0 Å². The van der Waals surface area contributed by atoms with Crippen LogP contribution in [-0.4, -0.2) is 33.6 Å². The van der Waals surface area contributed by atoms with Crippen molar-refractivity contribution < 1.29 is 71.2 Å². The van der Waals surface area contributed by atoms with Crippen LogP contribution in [-0.2, 0) is 4.79 Å². The third kappa shape index (κ3) is 2.96. The summed E-state index contributed by atoms with van der Waals surface area (Å²) < 4.78 is 0. The SMILES string of the molecule is CC1(C)C(O)CC1(NC(=O)c1cc2cc(Cl)ccc2[nH]1)C(=O)[O-].[K+]. The van der Waals surface area contributed by atoms with Crippen LogP contribution >= 0.6 is 11.6 Å². The number of benzene rings is 1. The van der Waals surface area contributed by atoms with Crippen molar-refractivity contribution in [2.45, 2.75) is 31.9 Å². The number of hydrogen-bond donors (Lipinski definition) is 3. The number of fused-ring (bicyclic) bond motifs is 1.